The molecule has 0 bridgehead atoms. The average molecular weight is 421 g/mol. The summed E-state index contributed by atoms with van der Waals surface area (Å²) >= 11 is 0. The molecular weight excluding hydrogens is 388 g/mol. The van der Waals surface area contributed by atoms with Gasteiger partial charge in [0.15, 0.2) is 0 Å². The van der Waals surface area contributed by atoms with Crippen molar-refractivity contribution in [3.63, 3.8) is 0 Å². The van der Waals surface area contributed by atoms with Crippen LogP contribution in [0, 0.1) is 11.3 Å². The van der Waals surface area contributed by atoms with E-state index in [0.29, 0.717) is 18.3 Å². The standard InChI is InChI=1S/C25H32N4O2/c1-25(2)11-10-19-22(14-25)27-28-23(19)21-12-16-4-7-17(13-20(16)26-21)29(3)24(31)15-5-8-18(30)9-6-15/h4,7,12-13,15,18,26,30H,5-6,8-11,14H2,1-3H3,(H,27,28)/t15-,18-. The van der Waals surface area contributed by atoms with E-state index in [1.165, 1.54) is 17.7 Å². The van der Waals surface area contributed by atoms with Crippen LogP contribution >= 0.6 is 0 Å². The quantitative estimate of drug-likeness (QED) is 0.579. The van der Waals surface area contributed by atoms with Crippen molar-refractivity contribution in [3.8, 4) is 11.4 Å². The first-order chi connectivity index (χ1) is 14.8. The van der Waals surface area contributed by atoms with Gasteiger partial charge in [-0.2, -0.15) is 5.10 Å². The molecule has 5 rings (SSSR count). The van der Waals surface area contributed by atoms with Crippen LogP contribution in [0.15, 0.2) is 24.3 Å². The van der Waals surface area contributed by atoms with E-state index in [9.17, 15) is 9.90 Å². The summed E-state index contributed by atoms with van der Waals surface area (Å²) in [6.07, 6.45) is 5.96. The lowest BCUT2D eigenvalue weighted by atomic mass is 9.76. The molecule has 164 valence electrons. The van der Waals surface area contributed by atoms with Gasteiger partial charge in [0.1, 0.15) is 5.69 Å². The second-order valence-corrected chi connectivity index (χ2v) is 10.2. The van der Waals surface area contributed by atoms with Gasteiger partial charge >= 0.3 is 0 Å². The van der Waals surface area contributed by atoms with Crippen LogP contribution in [-0.2, 0) is 17.6 Å². The summed E-state index contributed by atoms with van der Waals surface area (Å²) in [5.41, 5.74) is 6.86. The number of aliphatic hydroxyl groups excluding tert-OH is 1. The van der Waals surface area contributed by atoms with E-state index in [2.05, 4.69) is 47.2 Å². The summed E-state index contributed by atoms with van der Waals surface area (Å²) < 4.78 is 0. The van der Waals surface area contributed by atoms with Gasteiger partial charge in [0, 0.05) is 40.8 Å². The lowest BCUT2D eigenvalue weighted by molar-refractivity contribution is -0.123. The highest BCUT2D eigenvalue weighted by atomic mass is 16.3. The molecule has 1 saturated carbocycles. The van der Waals surface area contributed by atoms with Gasteiger partial charge in [-0.15, -0.1) is 0 Å². The highest BCUT2D eigenvalue weighted by molar-refractivity contribution is 5.97. The summed E-state index contributed by atoms with van der Waals surface area (Å²) in [4.78, 5) is 18.3. The minimum absolute atomic E-state index is 0.00290. The molecule has 2 aliphatic carbocycles. The van der Waals surface area contributed by atoms with Crippen molar-refractivity contribution in [1.82, 2.24) is 15.2 Å². The Hall–Kier alpha value is -2.60. The number of aliphatic hydroxyl groups is 1. The van der Waals surface area contributed by atoms with E-state index >= 15 is 0 Å². The number of benzene rings is 1. The number of rotatable bonds is 3. The third-order valence-electron chi connectivity index (χ3n) is 7.28. The van der Waals surface area contributed by atoms with Gasteiger partial charge in [-0.1, -0.05) is 19.9 Å². The van der Waals surface area contributed by atoms with Crippen molar-refractivity contribution in [2.45, 2.75) is 64.9 Å². The van der Waals surface area contributed by atoms with E-state index in [1.54, 1.807) is 4.90 Å². The Balaban J connectivity index is 1.40. The van der Waals surface area contributed by atoms with Gasteiger partial charge in [0.2, 0.25) is 5.91 Å². The number of fused-ring (bicyclic) bond motifs is 2. The molecule has 2 aliphatic rings. The van der Waals surface area contributed by atoms with E-state index < -0.39 is 0 Å². The Morgan fingerprint density at radius 3 is 2.74 bits per heavy atom. The predicted octanol–water partition coefficient (Wildman–Crippen LogP) is 4.59. The SMILES string of the molecule is CN(c1ccc2cc(-c3n[nH]c4c3CCC(C)(C)C4)[nH]c2c1)C(=O)[C@H]1CC[C@H](O)CC1. The maximum atomic E-state index is 13.0. The Morgan fingerprint density at radius 2 is 1.97 bits per heavy atom. The van der Waals surface area contributed by atoms with Gasteiger partial charge in [-0.05, 0) is 68.6 Å². The van der Waals surface area contributed by atoms with Crippen LogP contribution in [0.25, 0.3) is 22.3 Å². The van der Waals surface area contributed by atoms with Crippen LogP contribution in [0.3, 0.4) is 0 Å². The monoisotopic (exact) mass is 420 g/mol. The van der Waals surface area contributed by atoms with Gasteiger partial charge < -0.3 is 15.0 Å². The van der Waals surface area contributed by atoms with Crippen LogP contribution < -0.4 is 4.90 Å². The maximum Gasteiger partial charge on any atom is 0.229 e. The molecule has 6 heteroatoms. The average Bonchev–Trinajstić information content (AvgIpc) is 3.35. The summed E-state index contributed by atoms with van der Waals surface area (Å²) in [6.45, 7) is 4.63. The second-order valence-electron chi connectivity index (χ2n) is 10.2. The lowest BCUT2D eigenvalue weighted by Crippen LogP contribution is -2.35. The Bertz CT molecular complexity index is 1120. The Kier molecular flexibility index (Phi) is 4.93. The van der Waals surface area contributed by atoms with E-state index in [-0.39, 0.29) is 17.9 Å². The highest BCUT2D eigenvalue weighted by Crippen LogP contribution is 2.38. The normalized spacial score (nSPS) is 23.0. The number of H-pyrrole nitrogens is 2. The number of nitrogens with one attached hydrogen (secondary N) is 2. The molecule has 2 heterocycles. The third-order valence-corrected chi connectivity index (χ3v) is 7.28. The Labute approximate surface area is 183 Å². The zero-order chi connectivity index (χ0) is 21.8. The van der Waals surface area contributed by atoms with Gasteiger partial charge in [0.25, 0.3) is 0 Å². The molecule has 1 fully saturated rings. The highest BCUT2D eigenvalue weighted by Gasteiger charge is 2.30. The van der Waals surface area contributed by atoms with Crippen molar-refractivity contribution in [2.24, 2.45) is 11.3 Å². The number of hydrogen-bond acceptors (Lipinski definition) is 3. The van der Waals surface area contributed by atoms with Crippen LogP contribution in [-0.4, -0.2) is 39.3 Å². The number of amides is 1. The fraction of sp³-hybridized carbons (Fsp3) is 0.520. The number of anilines is 1. The minimum Gasteiger partial charge on any atom is -0.393 e. The fourth-order valence-electron chi connectivity index (χ4n) is 5.25. The minimum atomic E-state index is -0.248. The number of carbonyl (C=O) groups is 1. The van der Waals surface area contributed by atoms with Crippen molar-refractivity contribution < 1.29 is 9.90 Å². The molecule has 1 aromatic carbocycles. The largest absolute Gasteiger partial charge is 0.393 e. The molecule has 1 amide bonds. The number of aromatic nitrogens is 3. The molecule has 0 saturated heterocycles. The molecule has 31 heavy (non-hydrogen) atoms. The molecule has 3 aromatic rings. The molecular formula is C25H32N4O2. The molecule has 0 radical (unpaired) electrons. The zero-order valence-corrected chi connectivity index (χ0v) is 18.7. The molecule has 0 spiro atoms. The zero-order valence-electron chi connectivity index (χ0n) is 18.7. The summed E-state index contributed by atoms with van der Waals surface area (Å²) in [6, 6.07) is 8.29. The van der Waals surface area contributed by atoms with Crippen molar-refractivity contribution >= 4 is 22.5 Å². The van der Waals surface area contributed by atoms with Gasteiger partial charge in [-0.25, -0.2) is 0 Å². The number of hydrogen-bond donors (Lipinski definition) is 3. The van der Waals surface area contributed by atoms with Crippen molar-refractivity contribution in [1.29, 1.82) is 0 Å². The number of nitrogens with zero attached hydrogens (tertiary/aromatic N) is 2. The summed E-state index contributed by atoms with van der Waals surface area (Å²) in [7, 11) is 1.85. The summed E-state index contributed by atoms with van der Waals surface area (Å²) in [5, 5.41) is 18.8. The predicted molar refractivity (Wildman–Crippen MR) is 123 cm³/mol. The first-order valence-electron chi connectivity index (χ1n) is 11.5. The van der Waals surface area contributed by atoms with Crippen LogP contribution in [0.2, 0.25) is 0 Å². The smallest absolute Gasteiger partial charge is 0.229 e. The number of carbonyl (C=O) groups excluding carboxylic acids is 1. The topological polar surface area (TPSA) is 85.0 Å². The first kappa shape index (κ1) is 20.3. The molecule has 3 N–H and O–H groups in total. The van der Waals surface area contributed by atoms with E-state index in [0.717, 1.165) is 53.7 Å². The molecule has 6 nitrogen and oxygen atoms in total. The summed E-state index contributed by atoms with van der Waals surface area (Å²) in [5.74, 6) is 0.144. The van der Waals surface area contributed by atoms with Crippen molar-refractivity contribution in [3.05, 3.63) is 35.5 Å². The maximum absolute atomic E-state index is 13.0. The molecule has 2 aromatic heterocycles. The van der Waals surface area contributed by atoms with Gasteiger partial charge in [0.05, 0.1) is 11.8 Å². The molecule has 0 unspecified atom stereocenters. The van der Waals surface area contributed by atoms with Crippen LogP contribution in [0.5, 0.6) is 0 Å². The second kappa shape index (κ2) is 7.52. The first-order valence-corrected chi connectivity index (χ1v) is 11.5. The lowest BCUT2D eigenvalue weighted by Gasteiger charge is -2.29. The van der Waals surface area contributed by atoms with Crippen molar-refractivity contribution in [2.75, 3.05) is 11.9 Å². The number of aromatic amines is 2. The molecule has 0 aliphatic heterocycles. The van der Waals surface area contributed by atoms with Crippen LogP contribution in [0.4, 0.5) is 5.69 Å². The third kappa shape index (κ3) is 3.78. The van der Waals surface area contributed by atoms with Gasteiger partial charge in [-0.3, -0.25) is 9.89 Å². The van der Waals surface area contributed by atoms with E-state index in [4.69, 9.17) is 0 Å². The fourth-order valence-corrected chi connectivity index (χ4v) is 5.25. The van der Waals surface area contributed by atoms with E-state index in [1.807, 2.05) is 13.1 Å². The van der Waals surface area contributed by atoms with Crippen LogP contribution in [0.1, 0.15) is 57.2 Å². The Morgan fingerprint density at radius 1 is 1.19 bits per heavy atom. The molecule has 0 atom stereocenters.